The minimum atomic E-state index is -0.312. The molecule has 3 aromatic carbocycles. The SMILES string of the molecule is COc1ccccc1CCN1COc2ccc3c(oc(=O)c4ccccc43)c2C1. The quantitative estimate of drug-likeness (QED) is 0.385. The fraction of sp³-hybridized carbons (Fsp3) is 0.208. The molecule has 1 aromatic heterocycles. The van der Waals surface area contributed by atoms with Crippen molar-refractivity contribution in [2.45, 2.75) is 13.0 Å². The van der Waals surface area contributed by atoms with E-state index in [4.69, 9.17) is 13.9 Å². The lowest BCUT2D eigenvalue weighted by Gasteiger charge is -2.29. The lowest BCUT2D eigenvalue weighted by molar-refractivity contribution is 0.0966. The van der Waals surface area contributed by atoms with Crippen molar-refractivity contribution < 1.29 is 13.9 Å². The summed E-state index contributed by atoms with van der Waals surface area (Å²) in [5, 5.41) is 2.45. The molecule has 0 radical (unpaired) electrons. The van der Waals surface area contributed by atoms with Crippen LogP contribution in [0.3, 0.4) is 0 Å². The van der Waals surface area contributed by atoms with Crippen LogP contribution in [0.15, 0.2) is 69.9 Å². The number of methoxy groups -OCH3 is 1. The summed E-state index contributed by atoms with van der Waals surface area (Å²) in [6, 6.07) is 19.6. The van der Waals surface area contributed by atoms with E-state index in [1.165, 1.54) is 0 Å². The third kappa shape index (κ3) is 3.13. The molecule has 4 aromatic rings. The number of rotatable bonds is 4. The Balaban J connectivity index is 1.48. The largest absolute Gasteiger partial charge is 0.496 e. The highest BCUT2D eigenvalue weighted by Crippen LogP contribution is 2.34. The van der Waals surface area contributed by atoms with Gasteiger partial charge in [0.1, 0.15) is 23.8 Å². The molecule has 1 aliphatic heterocycles. The fourth-order valence-corrected chi connectivity index (χ4v) is 4.03. The molecule has 0 atom stereocenters. The minimum Gasteiger partial charge on any atom is -0.496 e. The Labute approximate surface area is 168 Å². The lowest BCUT2D eigenvalue weighted by Crippen LogP contribution is -2.33. The summed E-state index contributed by atoms with van der Waals surface area (Å²) in [5.74, 6) is 1.68. The zero-order chi connectivity index (χ0) is 19.8. The molecule has 0 aliphatic carbocycles. The van der Waals surface area contributed by atoms with Gasteiger partial charge in [0.25, 0.3) is 0 Å². The van der Waals surface area contributed by atoms with Crippen molar-refractivity contribution in [3.63, 3.8) is 0 Å². The second-order valence-corrected chi connectivity index (χ2v) is 7.24. The third-order valence-electron chi connectivity index (χ3n) is 5.52. The van der Waals surface area contributed by atoms with Gasteiger partial charge in [0, 0.05) is 18.5 Å². The second kappa shape index (κ2) is 7.26. The Morgan fingerprint density at radius 3 is 2.62 bits per heavy atom. The normalized spacial score (nSPS) is 14.0. The molecule has 0 saturated heterocycles. The summed E-state index contributed by atoms with van der Waals surface area (Å²) in [7, 11) is 1.69. The molecule has 5 rings (SSSR count). The molecule has 5 nitrogen and oxygen atoms in total. The number of hydrogen-bond acceptors (Lipinski definition) is 5. The molecule has 0 unspecified atom stereocenters. The van der Waals surface area contributed by atoms with Crippen molar-refractivity contribution in [3.8, 4) is 11.5 Å². The molecule has 0 bridgehead atoms. The van der Waals surface area contributed by atoms with Crippen LogP contribution in [0.25, 0.3) is 21.7 Å². The van der Waals surface area contributed by atoms with Gasteiger partial charge in [-0.2, -0.15) is 0 Å². The van der Waals surface area contributed by atoms with Gasteiger partial charge >= 0.3 is 5.63 Å². The molecule has 5 heteroatoms. The van der Waals surface area contributed by atoms with Gasteiger partial charge in [-0.15, -0.1) is 0 Å². The number of para-hydroxylation sites is 1. The molecule has 0 saturated carbocycles. The Hall–Kier alpha value is -3.31. The van der Waals surface area contributed by atoms with E-state index in [1.807, 2.05) is 48.5 Å². The van der Waals surface area contributed by atoms with E-state index in [2.05, 4.69) is 11.0 Å². The van der Waals surface area contributed by atoms with Crippen LogP contribution in [0.2, 0.25) is 0 Å². The third-order valence-corrected chi connectivity index (χ3v) is 5.52. The van der Waals surface area contributed by atoms with Crippen molar-refractivity contribution in [2.24, 2.45) is 0 Å². The summed E-state index contributed by atoms with van der Waals surface area (Å²) in [5.41, 5.74) is 2.40. The molecular formula is C24H21NO4. The first kappa shape index (κ1) is 17.8. The molecule has 0 N–H and O–H groups in total. The standard InChI is InChI=1S/C24H21NO4/c1-27-21-9-5-2-6-16(21)12-13-25-14-20-22(28-15-25)11-10-18-17-7-3-4-8-19(17)24(26)29-23(18)20/h2-11H,12-15H2,1H3. The maximum Gasteiger partial charge on any atom is 0.344 e. The van der Waals surface area contributed by atoms with E-state index in [9.17, 15) is 4.79 Å². The zero-order valence-corrected chi connectivity index (χ0v) is 16.2. The Kier molecular flexibility index (Phi) is 4.45. The predicted molar refractivity (Wildman–Crippen MR) is 113 cm³/mol. The van der Waals surface area contributed by atoms with Crippen LogP contribution in [0.4, 0.5) is 0 Å². The maximum atomic E-state index is 12.5. The molecule has 0 spiro atoms. The highest BCUT2D eigenvalue weighted by molar-refractivity contribution is 6.05. The zero-order valence-electron chi connectivity index (χ0n) is 16.2. The van der Waals surface area contributed by atoms with Gasteiger partial charge < -0.3 is 13.9 Å². The summed E-state index contributed by atoms with van der Waals surface area (Å²) in [6.07, 6.45) is 0.848. The van der Waals surface area contributed by atoms with Crippen molar-refractivity contribution >= 4 is 21.7 Å². The first-order valence-electron chi connectivity index (χ1n) is 9.69. The van der Waals surface area contributed by atoms with Gasteiger partial charge in [0.2, 0.25) is 0 Å². The van der Waals surface area contributed by atoms with Crippen LogP contribution in [0.1, 0.15) is 11.1 Å². The van der Waals surface area contributed by atoms with Crippen molar-refractivity contribution in [2.75, 3.05) is 20.4 Å². The molecule has 146 valence electrons. The van der Waals surface area contributed by atoms with Crippen LogP contribution >= 0.6 is 0 Å². The monoisotopic (exact) mass is 387 g/mol. The van der Waals surface area contributed by atoms with Crippen molar-refractivity contribution in [3.05, 3.63) is 82.2 Å². The van der Waals surface area contributed by atoms with Gasteiger partial charge in [-0.05, 0) is 41.6 Å². The molecule has 0 amide bonds. The van der Waals surface area contributed by atoms with E-state index in [0.29, 0.717) is 24.2 Å². The first-order chi connectivity index (χ1) is 14.2. The van der Waals surface area contributed by atoms with E-state index in [0.717, 1.165) is 46.4 Å². The Bertz CT molecular complexity index is 1260. The number of nitrogens with zero attached hydrogens (tertiary/aromatic N) is 1. The van der Waals surface area contributed by atoms with Crippen LogP contribution in [0.5, 0.6) is 11.5 Å². The van der Waals surface area contributed by atoms with E-state index in [1.54, 1.807) is 13.2 Å². The van der Waals surface area contributed by atoms with Crippen molar-refractivity contribution in [1.82, 2.24) is 4.90 Å². The molecule has 1 aliphatic rings. The van der Waals surface area contributed by atoms with Crippen LogP contribution < -0.4 is 15.1 Å². The average molecular weight is 387 g/mol. The number of hydrogen-bond donors (Lipinski definition) is 0. The molecule has 29 heavy (non-hydrogen) atoms. The van der Waals surface area contributed by atoms with Gasteiger partial charge in [-0.3, -0.25) is 4.90 Å². The number of fused-ring (bicyclic) bond motifs is 5. The summed E-state index contributed by atoms with van der Waals surface area (Å²) < 4.78 is 17.2. The molecule has 2 heterocycles. The van der Waals surface area contributed by atoms with Crippen LogP contribution in [-0.4, -0.2) is 25.3 Å². The summed E-state index contributed by atoms with van der Waals surface area (Å²) >= 11 is 0. The number of ether oxygens (including phenoxy) is 2. The van der Waals surface area contributed by atoms with E-state index < -0.39 is 0 Å². The first-order valence-corrected chi connectivity index (χ1v) is 9.69. The van der Waals surface area contributed by atoms with Crippen molar-refractivity contribution in [1.29, 1.82) is 0 Å². The Morgan fingerprint density at radius 1 is 0.966 bits per heavy atom. The average Bonchev–Trinajstić information content (AvgIpc) is 2.78. The Morgan fingerprint density at radius 2 is 1.76 bits per heavy atom. The van der Waals surface area contributed by atoms with Gasteiger partial charge in [-0.1, -0.05) is 36.4 Å². The van der Waals surface area contributed by atoms with E-state index >= 15 is 0 Å². The van der Waals surface area contributed by atoms with Gasteiger partial charge in [-0.25, -0.2) is 4.79 Å². The predicted octanol–water partition coefficient (Wildman–Crippen LogP) is 4.35. The minimum absolute atomic E-state index is 0.312. The van der Waals surface area contributed by atoms with Gasteiger partial charge in [0.15, 0.2) is 0 Å². The topological polar surface area (TPSA) is 51.9 Å². The van der Waals surface area contributed by atoms with E-state index in [-0.39, 0.29) is 5.63 Å². The summed E-state index contributed by atoms with van der Waals surface area (Å²) in [4.78, 5) is 14.7. The lowest BCUT2D eigenvalue weighted by atomic mass is 10.0. The molecule has 0 fully saturated rings. The maximum absolute atomic E-state index is 12.5. The van der Waals surface area contributed by atoms with Gasteiger partial charge in [0.05, 0.1) is 18.1 Å². The van der Waals surface area contributed by atoms with Crippen LogP contribution in [0, 0.1) is 0 Å². The molecular weight excluding hydrogens is 366 g/mol. The highest BCUT2D eigenvalue weighted by atomic mass is 16.5. The van der Waals surface area contributed by atoms with Crippen LogP contribution in [-0.2, 0) is 13.0 Å². The smallest absolute Gasteiger partial charge is 0.344 e. The number of benzene rings is 3. The fourth-order valence-electron chi connectivity index (χ4n) is 4.03. The summed E-state index contributed by atoms with van der Waals surface area (Å²) in [6.45, 7) is 1.99. The second-order valence-electron chi connectivity index (χ2n) is 7.24. The highest BCUT2D eigenvalue weighted by Gasteiger charge is 2.22.